The predicted molar refractivity (Wildman–Crippen MR) is 138 cm³/mol. The van der Waals surface area contributed by atoms with Gasteiger partial charge in [0.05, 0.1) is 18.2 Å². The van der Waals surface area contributed by atoms with Crippen LogP contribution in [0.2, 0.25) is 0 Å². The van der Waals surface area contributed by atoms with E-state index in [4.69, 9.17) is 26.4 Å². The van der Waals surface area contributed by atoms with Crippen molar-refractivity contribution in [2.75, 3.05) is 52.5 Å². The third-order valence-corrected chi connectivity index (χ3v) is 6.90. The quantitative estimate of drug-likeness (QED) is 0.391. The van der Waals surface area contributed by atoms with Crippen LogP contribution in [0.1, 0.15) is 38.7 Å². The van der Waals surface area contributed by atoms with E-state index >= 15 is 0 Å². The number of pyridine rings is 1. The third kappa shape index (κ3) is 6.20. The molecule has 8 nitrogen and oxygen atoms in total. The number of hydrogen-bond donors (Lipinski definition) is 2. The lowest BCUT2D eigenvalue weighted by atomic mass is 10.1. The second kappa shape index (κ2) is 11.9. The van der Waals surface area contributed by atoms with Gasteiger partial charge in [-0.05, 0) is 63.2 Å². The van der Waals surface area contributed by atoms with Crippen LogP contribution in [-0.2, 0) is 11.3 Å². The van der Waals surface area contributed by atoms with Gasteiger partial charge in [-0.15, -0.1) is 0 Å². The highest BCUT2D eigenvalue weighted by molar-refractivity contribution is 7.80. The van der Waals surface area contributed by atoms with Gasteiger partial charge in [0.1, 0.15) is 13.2 Å². The molecule has 1 saturated heterocycles. The molecule has 0 aliphatic carbocycles. The molecule has 1 aromatic carbocycles. The van der Waals surface area contributed by atoms with E-state index in [1.165, 1.54) is 0 Å². The Hall–Kier alpha value is -2.36. The van der Waals surface area contributed by atoms with Crippen molar-refractivity contribution in [3.63, 3.8) is 0 Å². The van der Waals surface area contributed by atoms with Crippen LogP contribution in [0.4, 0.5) is 0 Å². The molecule has 0 radical (unpaired) electrons. The largest absolute Gasteiger partial charge is 0.486 e. The van der Waals surface area contributed by atoms with Gasteiger partial charge in [0, 0.05) is 36.7 Å². The van der Waals surface area contributed by atoms with Crippen molar-refractivity contribution in [1.29, 1.82) is 0 Å². The number of fused-ring (bicyclic) bond motifs is 2. The number of rotatable bonds is 10. The first-order chi connectivity index (χ1) is 16.6. The van der Waals surface area contributed by atoms with Crippen LogP contribution in [0, 0.1) is 0 Å². The van der Waals surface area contributed by atoms with Crippen LogP contribution < -0.4 is 20.3 Å². The van der Waals surface area contributed by atoms with Crippen molar-refractivity contribution in [3.8, 4) is 11.5 Å². The van der Waals surface area contributed by atoms with Crippen LogP contribution in [0.5, 0.6) is 11.5 Å². The summed E-state index contributed by atoms with van der Waals surface area (Å²) < 4.78 is 17.2. The van der Waals surface area contributed by atoms with Crippen molar-refractivity contribution in [1.82, 2.24) is 20.1 Å². The van der Waals surface area contributed by atoms with Gasteiger partial charge in [-0.1, -0.05) is 13.8 Å². The zero-order valence-corrected chi connectivity index (χ0v) is 21.0. The monoisotopic (exact) mass is 488 g/mol. The molecule has 186 valence electrons. The Bertz CT molecular complexity index is 1030. The number of H-pyrrole nitrogens is 1. The fourth-order valence-corrected chi connectivity index (χ4v) is 4.76. The van der Waals surface area contributed by atoms with Crippen molar-refractivity contribution < 1.29 is 14.2 Å². The van der Waals surface area contributed by atoms with Gasteiger partial charge in [-0.3, -0.25) is 4.79 Å². The highest BCUT2D eigenvalue weighted by atomic mass is 32.1. The number of nitrogens with one attached hydrogen (secondary N) is 2. The number of thiocarbonyl (C=S) groups is 1. The van der Waals surface area contributed by atoms with Gasteiger partial charge >= 0.3 is 0 Å². The van der Waals surface area contributed by atoms with E-state index in [1.54, 1.807) is 0 Å². The Morgan fingerprint density at radius 1 is 1.15 bits per heavy atom. The van der Waals surface area contributed by atoms with Crippen LogP contribution in [0.15, 0.2) is 23.0 Å². The molecular formula is C25H36N4O4S. The van der Waals surface area contributed by atoms with Gasteiger partial charge in [-0.25, -0.2) is 0 Å². The van der Waals surface area contributed by atoms with Crippen LogP contribution >= 0.6 is 12.2 Å². The highest BCUT2D eigenvalue weighted by Crippen LogP contribution is 2.33. The van der Waals surface area contributed by atoms with E-state index in [2.05, 4.69) is 33.9 Å². The van der Waals surface area contributed by atoms with E-state index in [0.29, 0.717) is 48.5 Å². The minimum Gasteiger partial charge on any atom is -0.486 e. The molecule has 4 rings (SSSR count). The van der Waals surface area contributed by atoms with Crippen molar-refractivity contribution in [2.24, 2.45) is 0 Å². The van der Waals surface area contributed by atoms with Crippen LogP contribution in [-0.4, -0.2) is 78.5 Å². The molecule has 34 heavy (non-hydrogen) atoms. The van der Waals surface area contributed by atoms with Gasteiger partial charge in [0.25, 0.3) is 5.56 Å². The Kier molecular flexibility index (Phi) is 8.64. The number of nitrogens with zero attached hydrogens (tertiary/aromatic N) is 2. The summed E-state index contributed by atoms with van der Waals surface area (Å²) in [5.74, 6) is 1.37. The van der Waals surface area contributed by atoms with E-state index in [-0.39, 0.29) is 11.7 Å². The average Bonchev–Trinajstić information content (AvgIpc) is 3.36. The second-order valence-electron chi connectivity index (χ2n) is 8.83. The van der Waals surface area contributed by atoms with Gasteiger partial charge < -0.3 is 34.3 Å². The summed E-state index contributed by atoms with van der Waals surface area (Å²) in [7, 11) is 0. The lowest BCUT2D eigenvalue weighted by Crippen LogP contribution is -2.44. The zero-order chi connectivity index (χ0) is 23.9. The molecule has 9 heteroatoms. The number of ether oxygens (including phenoxy) is 3. The van der Waals surface area contributed by atoms with Gasteiger partial charge in [0.15, 0.2) is 16.6 Å². The van der Waals surface area contributed by atoms with E-state index in [0.717, 1.165) is 63.0 Å². The summed E-state index contributed by atoms with van der Waals surface area (Å²) in [5.41, 5.74) is 1.28. The molecule has 2 aromatic rings. The Labute approximate surface area is 206 Å². The summed E-state index contributed by atoms with van der Waals surface area (Å²) in [5, 5.41) is 4.98. The zero-order valence-electron chi connectivity index (χ0n) is 20.2. The number of aromatic amines is 1. The van der Waals surface area contributed by atoms with E-state index in [9.17, 15) is 4.79 Å². The topological polar surface area (TPSA) is 79.1 Å². The first kappa shape index (κ1) is 24.8. The normalized spacial score (nSPS) is 17.3. The molecule has 0 spiro atoms. The Morgan fingerprint density at radius 2 is 1.91 bits per heavy atom. The first-order valence-electron chi connectivity index (χ1n) is 12.4. The lowest BCUT2D eigenvalue weighted by molar-refractivity contribution is 0.0896. The maximum Gasteiger partial charge on any atom is 0.253 e. The fourth-order valence-electron chi connectivity index (χ4n) is 4.51. The summed E-state index contributed by atoms with van der Waals surface area (Å²) in [4.78, 5) is 20.4. The molecule has 0 amide bonds. The molecule has 2 N–H and O–H groups in total. The summed E-state index contributed by atoms with van der Waals surface area (Å²) in [6.45, 7) is 11.2. The smallest absolute Gasteiger partial charge is 0.253 e. The molecule has 1 fully saturated rings. The van der Waals surface area contributed by atoms with E-state index in [1.807, 2.05) is 18.2 Å². The molecule has 0 saturated carbocycles. The fraction of sp³-hybridized carbons (Fsp3) is 0.600. The third-order valence-electron chi connectivity index (χ3n) is 6.50. The molecule has 2 aliphatic heterocycles. The van der Waals surface area contributed by atoms with Crippen molar-refractivity contribution in [3.05, 3.63) is 34.1 Å². The van der Waals surface area contributed by atoms with Gasteiger partial charge in [0.2, 0.25) is 0 Å². The number of hydrogen-bond acceptors (Lipinski definition) is 6. The summed E-state index contributed by atoms with van der Waals surface area (Å²) in [6.07, 6.45) is 3.22. The number of benzene rings is 1. The van der Waals surface area contributed by atoms with Crippen molar-refractivity contribution in [2.45, 2.75) is 45.8 Å². The molecule has 0 bridgehead atoms. The minimum absolute atomic E-state index is 0.120. The molecule has 1 atom stereocenters. The SMILES string of the molecule is CCN(CC)CCCNC(=S)N(Cc1cc2cc3c(cc2[nH]c1=O)OCCO3)C[C@@H]1CCCO1. The van der Waals surface area contributed by atoms with Gasteiger partial charge in [-0.2, -0.15) is 0 Å². The summed E-state index contributed by atoms with van der Waals surface area (Å²) >= 11 is 5.76. The predicted octanol–water partition coefficient (Wildman–Crippen LogP) is 2.89. The summed E-state index contributed by atoms with van der Waals surface area (Å²) in [6, 6.07) is 5.69. The van der Waals surface area contributed by atoms with Crippen molar-refractivity contribution >= 4 is 28.2 Å². The standard InChI is InChI=1S/C25H36N4O4S/c1-3-28(4-2)9-6-8-26-25(34)29(17-20-7-5-10-31-20)16-19-13-18-14-22-23(33-12-11-32-22)15-21(18)27-24(19)30/h13-15,20H,3-12,16-17H2,1-2H3,(H,26,34)(H,27,30)/t20-/m0/s1. The van der Waals surface area contributed by atoms with E-state index < -0.39 is 0 Å². The minimum atomic E-state index is -0.120. The van der Waals surface area contributed by atoms with Crippen LogP contribution in [0.25, 0.3) is 10.9 Å². The number of aromatic nitrogens is 1. The molecule has 2 aliphatic rings. The average molecular weight is 489 g/mol. The maximum absolute atomic E-state index is 12.9. The lowest BCUT2D eigenvalue weighted by Gasteiger charge is -2.28. The first-order valence-corrected chi connectivity index (χ1v) is 12.8. The second-order valence-corrected chi connectivity index (χ2v) is 9.22. The molecule has 1 aromatic heterocycles. The Morgan fingerprint density at radius 3 is 2.62 bits per heavy atom. The molecule has 0 unspecified atom stereocenters. The Balaban J connectivity index is 1.48. The van der Waals surface area contributed by atoms with Crippen LogP contribution in [0.3, 0.4) is 0 Å². The highest BCUT2D eigenvalue weighted by Gasteiger charge is 2.22. The maximum atomic E-state index is 12.9. The molecular weight excluding hydrogens is 452 g/mol. The molecule has 3 heterocycles.